The fourth-order valence-corrected chi connectivity index (χ4v) is 2.53. The summed E-state index contributed by atoms with van der Waals surface area (Å²) in [5, 5.41) is 42.1. The fraction of sp³-hybridized carbons (Fsp3) is 0.400. The Morgan fingerprint density at radius 2 is 1.17 bits per heavy atom. The Hall–Kier alpha value is -3.24. The third-order valence-electron chi connectivity index (χ3n) is 4.45. The van der Waals surface area contributed by atoms with Crippen LogP contribution in [0.4, 0.5) is 11.4 Å². The van der Waals surface area contributed by atoms with Crippen molar-refractivity contribution in [2.75, 3.05) is 13.2 Å². The van der Waals surface area contributed by atoms with E-state index in [9.17, 15) is 30.4 Å². The normalized spacial score (nSPS) is 12.8. The molecule has 30 heavy (non-hydrogen) atoms. The summed E-state index contributed by atoms with van der Waals surface area (Å²) in [7, 11) is 0. The van der Waals surface area contributed by atoms with Crippen LogP contribution in [-0.2, 0) is 0 Å². The molecule has 0 saturated carbocycles. The number of nitro groups is 2. The van der Waals surface area contributed by atoms with Crippen LogP contribution >= 0.6 is 0 Å². The Morgan fingerprint density at radius 3 is 1.47 bits per heavy atom. The molecule has 2 atom stereocenters. The van der Waals surface area contributed by atoms with Crippen molar-refractivity contribution in [3.63, 3.8) is 0 Å². The molecule has 0 fully saturated rings. The van der Waals surface area contributed by atoms with Crippen LogP contribution in [0.2, 0.25) is 0 Å². The topological polar surface area (TPSA) is 145 Å². The number of nitro benzene ring substituents is 2. The highest BCUT2D eigenvalue weighted by Gasteiger charge is 2.21. The Labute approximate surface area is 173 Å². The molecule has 0 radical (unpaired) electrons. The summed E-state index contributed by atoms with van der Waals surface area (Å²) in [5.41, 5.74) is 0.136. The van der Waals surface area contributed by atoms with Gasteiger partial charge >= 0.3 is 11.4 Å². The molecule has 0 amide bonds. The van der Waals surface area contributed by atoms with Crippen molar-refractivity contribution in [2.24, 2.45) is 0 Å². The minimum absolute atomic E-state index is 0.000688. The Morgan fingerprint density at radius 1 is 0.800 bits per heavy atom. The number of ether oxygens (including phenoxy) is 2. The maximum absolute atomic E-state index is 11.4. The summed E-state index contributed by atoms with van der Waals surface area (Å²) in [6.07, 6.45) is -0.602. The minimum atomic E-state index is -0.745. The van der Waals surface area contributed by atoms with Crippen molar-refractivity contribution in [2.45, 2.75) is 38.9 Å². The highest BCUT2D eigenvalue weighted by Crippen LogP contribution is 2.36. The monoisotopic (exact) mass is 420 g/mol. The van der Waals surface area contributed by atoms with Gasteiger partial charge in [0.2, 0.25) is 0 Å². The zero-order chi connectivity index (χ0) is 22.3. The molecule has 10 nitrogen and oxygen atoms in total. The van der Waals surface area contributed by atoms with Crippen molar-refractivity contribution in [1.29, 1.82) is 0 Å². The first-order chi connectivity index (χ1) is 14.3. The third kappa shape index (κ3) is 5.88. The molecule has 2 N–H and O–H groups in total. The number of benzene rings is 2. The summed E-state index contributed by atoms with van der Waals surface area (Å²) < 4.78 is 10.7. The van der Waals surface area contributed by atoms with Crippen molar-refractivity contribution in [1.82, 2.24) is 0 Å². The second kappa shape index (κ2) is 10.5. The number of aliphatic hydroxyl groups excluding tert-OH is 2. The molecular weight excluding hydrogens is 396 g/mol. The van der Waals surface area contributed by atoms with Crippen molar-refractivity contribution >= 4 is 11.4 Å². The predicted molar refractivity (Wildman–Crippen MR) is 109 cm³/mol. The lowest BCUT2D eigenvalue weighted by molar-refractivity contribution is -0.386. The lowest BCUT2D eigenvalue weighted by Gasteiger charge is -2.12. The summed E-state index contributed by atoms with van der Waals surface area (Å²) >= 11 is 0. The Balaban J connectivity index is 2.35. The molecule has 2 unspecified atom stereocenters. The molecule has 2 rings (SSSR count). The lowest BCUT2D eigenvalue weighted by atomic mass is 10.0. The molecule has 2 aromatic carbocycles. The summed E-state index contributed by atoms with van der Waals surface area (Å²) in [6.45, 7) is 3.35. The van der Waals surface area contributed by atoms with Crippen molar-refractivity contribution in [3.8, 4) is 22.6 Å². The van der Waals surface area contributed by atoms with Gasteiger partial charge in [0, 0.05) is 12.1 Å². The lowest BCUT2D eigenvalue weighted by Crippen LogP contribution is -2.16. The number of hydrogen-bond acceptors (Lipinski definition) is 8. The first-order valence-electron chi connectivity index (χ1n) is 9.45. The van der Waals surface area contributed by atoms with Crippen LogP contribution in [0.15, 0.2) is 36.4 Å². The molecule has 0 aliphatic rings. The van der Waals surface area contributed by atoms with Gasteiger partial charge in [-0.25, -0.2) is 0 Å². The molecule has 162 valence electrons. The second-order valence-corrected chi connectivity index (χ2v) is 6.63. The van der Waals surface area contributed by atoms with Gasteiger partial charge in [0.1, 0.15) is 13.2 Å². The molecule has 0 spiro atoms. The van der Waals surface area contributed by atoms with Gasteiger partial charge in [-0.3, -0.25) is 20.2 Å². The van der Waals surface area contributed by atoms with Gasteiger partial charge < -0.3 is 19.7 Å². The highest BCUT2D eigenvalue weighted by molar-refractivity contribution is 5.72. The van der Waals surface area contributed by atoms with Crippen LogP contribution in [0.1, 0.15) is 26.7 Å². The average Bonchev–Trinajstić information content (AvgIpc) is 2.75. The van der Waals surface area contributed by atoms with E-state index in [-0.39, 0.29) is 36.1 Å². The quantitative estimate of drug-likeness (QED) is 0.415. The molecular formula is C20H24N2O8. The van der Waals surface area contributed by atoms with Gasteiger partial charge in [-0.15, -0.1) is 0 Å². The van der Waals surface area contributed by atoms with Crippen LogP contribution in [-0.4, -0.2) is 45.5 Å². The molecule has 0 bridgehead atoms. The molecule has 10 heteroatoms. The van der Waals surface area contributed by atoms with Gasteiger partial charge in [-0.2, -0.15) is 0 Å². The number of rotatable bonds is 11. The maximum atomic E-state index is 11.4. The van der Waals surface area contributed by atoms with Crippen LogP contribution in [0.3, 0.4) is 0 Å². The van der Waals surface area contributed by atoms with Gasteiger partial charge in [0.15, 0.2) is 11.5 Å². The van der Waals surface area contributed by atoms with Crippen LogP contribution in [0, 0.1) is 20.2 Å². The number of aliphatic hydroxyl groups is 2. The molecule has 0 aromatic heterocycles. The van der Waals surface area contributed by atoms with E-state index in [1.807, 2.05) is 0 Å². The van der Waals surface area contributed by atoms with Crippen molar-refractivity contribution in [3.05, 3.63) is 56.6 Å². The molecule has 0 aliphatic heterocycles. The zero-order valence-electron chi connectivity index (χ0n) is 16.7. The van der Waals surface area contributed by atoms with E-state index in [2.05, 4.69) is 0 Å². The van der Waals surface area contributed by atoms with E-state index in [4.69, 9.17) is 9.47 Å². The van der Waals surface area contributed by atoms with Crippen LogP contribution in [0.25, 0.3) is 11.1 Å². The van der Waals surface area contributed by atoms with Gasteiger partial charge in [-0.05, 0) is 36.1 Å². The van der Waals surface area contributed by atoms with Gasteiger partial charge in [0.05, 0.1) is 22.1 Å². The first-order valence-corrected chi connectivity index (χ1v) is 9.45. The van der Waals surface area contributed by atoms with E-state index in [1.54, 1.807) is 26.0 Å². The van der Waals surface area contributed by atoms with E-state index in [0.717, 1.165) is 0 Å². The molecule has 2 aromatic rings. The molecule has 0 heterocycles. The molecule has 0 saturated heterocycles. The standard InChI is InChI=1S/C20H24N2O8/c1-3-15(23)11-29-19-7-5-13(9-17(19)21(25)26)14-6-8-20(18(10-14)22(27)28)30-12-16(24)4-2/h5-10,15-16,23-24H,3-4,11-12H2,1-2H3. The van der Waals surface area contributed by atoms with E-state index < -0.39 is 22.1 Å². The Kier molecular flexibility index (Phi) is 8.07. The summed E-state index contributed by atoms with van der Waals surface area (Å²) in [5.74, 6) is -0.00138. The van der Waals surface area contributed by atoms with E-state index in [1.165, 1.54) is 24.3 Å². The fourth-order valence-electron chi connectivity index (χ4n) is 2.53. The second-order valence-electron chi connectivity index (χ2n) is 6.63. The number of hydrogen-bond donors (Lipinski definition) is 2. The molecule has 0 aliphatic carbocycles. The summed E-state index contributed by atoms with van der Waals surface area (Å²) in [6, 6.07) is 8.39. The highest BCUT2D eigenvalue weighted by atomic mass is 16.6. The summed E-state index contributed by atoms with van der Waals surface area (Å²) in [4.78, 5) is 21.6. The van der Waals surface area contributed by atoms with Crippen LogP contribution < -0.4 is 9.47 Å². The Bertz CT molecular complexity index is 829. The van der Waals surface area contributed by atoms with Gasteiger partial charge in [0.25, 0.3) is 0 Å². The third-order valence-corrected chi connectivity index (χ3v) is 4.45. The van der Waals surface area contributed by atoms with E-state index in [0.29, 0.717) is 24.0 Å². The van der Waals surface area contributed by atoms with Crippen molar-refractivity contribution < 1.29 is 29.5 Å². The predicted octanol–water partition coefficient (Wildman–Crippen LogP) is 3.47. The maximum Gasteiger partial charge on any atom is 0.311 e. The minimum Gasteiger partial charge on any atom is -0.484 e. The van der Waals surface area contributed by atoms with Crippen LogP contribution in [0.5, 0.6) is 11.5 Å². The van der Waals surface area contributed by atoms with E-state index >= 15 is 0 Å². The SMILES string of the molecule is CCC(O)COc1ccc(-c2ccc(OCC(O)CC)c([N+](=O)[O-])c2)cc1[N+](=O)[O-]. The smallest absolute Gasteiger partial charge is 0.311 e. The van der Waals surface area contributed by atoms with Gasteiger partial charge in [-0.1, -0.05) is 26.0 Å². The average molecular weight is 420 g/mol. The largest absolute Gasteiger partial charge is 0.484 e. The first kappa shape index (κ1) is 23.0. The zero-order valence-corrected chi connectivity index (χ0v) is 16.7. The number of nitrogens with zero attached hydrogens (tertiary/aromatic N) is 2.